The van der Waals surface area contributed by atoms with Crippen molar-refractivity contribution >= 4 is 0 Å². The molecule has 2 rings (SSSR count). The predicted molar refractivity (Wildman–Crippen MR) is 49.6 cm³/mol. The third kappa shape index (κ3) is 2.66. The van der Waals surface area contributed by atoms with Crippen LogP contribution in [0, 0.1) is 0 Å². The first kappa shape index (κ1) is 8.44. The molecule has 1 fully saturated rings. The summed E-state index contributed by atoms with van der Waals surface area (Å²) in [5.41, 5.74) is 0.785. The van der Waals surface area contributed by atoms with Gasteiger partial charge in [0.1, 0.15) is 0 Å². The zero-order valence-corrected chi connectivity index (χ0v) is 7.42. The summed E-state index contributed by atoms with van der Waals surface area (Å²) in [5, 5.41) is 3.37. The van der Waals surface area contributed by atoms with Gasteiger partial charge in [-0.2, -0.15) is 0 Å². The molecule has 0 spiro atoms. The molecule has 0 aliphatic heterocycles. The molecule has 13 heavy (non-hydrogen) atoms. The zero-order chi connectivity index (χ0) is 9.10. The molecule has 70 valence electrons. The zero-order valence-electron chi connectivity index (χ0n) is 7.42. The van der Waals surface area contributed by atoms with E-state index in [0.717, 1.165) is 24.7 Å². The number of nitrogens with zero attached hydrogens (tertiary/aromatic N) is 1. The van der Waals surface area contributed by atoms with Gasteiger partial charge in [0.25, 0.3) is 5.56 Å². The van der Waals surface area contributed by atoms with Crippen molar-refractivity contribution in [2.45, 2.75) is 25.3 Å². The van der Waals surface area contributed by atoms with Crippen molar-refractivity contribution in [2.75, 3.05) is 6.54 Å². The minimum Gasteiger partial charge on any atom is -0.314 e. The van der Waals surface area contributed by atoms with Crippen LogP contribution in [0.5, 0.6) is 0 Å². The van der Waals surface area contributed by atoms with Crippen molar-refractivity contribution in [1.82, 2.24) is 15.3 Å². The first-order valence-electron chi connectivity index (χ1n) is 4.61. The highest BCUT2D eigenvalue weighted by Gasteiger charge is 2.19. The lowest BCUT2D eigenvalue weighted by molar-refractivity contribution is 0.674. The molecule has 0 aromatic carbocycles. The van der Waals surface area contributed by atoms with E-state index in [4.69, 9.17) is 0 Å². The molecule has 0 radical (unpaired) electrons. The maximum Gasteiger partial charge on any atom is 0.250 e. The van der Waals surface area contributed by atoms with E-state index in [0.29, 0.717) is 0 Å². The largest absolute Gasteiger partial charge is 0.314 e. The molecule has 1 saturated carbocycles. The van der Waals surface area contributed by atoms with Gasteiger partial charge in [0, 0.05) is 30.8 Å². The Morgan fingerprint density at radius 3 is 3.15 bits per heavy atom. The van der Waals surface area contributed by atoms with Crippen LogP contribution in [0.25, 0.3) is 0 Å². The van der Waals surface area contributed by atoms with Crippen LogP contribution < -0.4 is 10.9 Å². The topological polar surface area (TPSA) is 57.8 Å². The molecule has 4 heteroatoms. The van der Waals surface area contributed by atoms with E-state index >= 15 is 0 Å². The highest BCUT2D eigenvalue weighted by molar-refractivity contribution is 4.99. The monoisotopic (exact) mass is 179 g/mol. The Kier molecular flexibility index (Phi) is 2.40. The highest BCUT2D eigenvalue weighted by Crippen LogP contribution is 2.18. The molecule has 1 heterocycles. The maximum atomic E-state index is 10.9. The van der Waals surface area contributed by atoms with Crippen LogP contribution >= 0.6 is 0 Å². The van der Waals surface area contributed by atoms with Gasteiger partial charge in [-0.05, 0) is 12.8 Å². The lowest BCUT2D eigenvalue weighted by Crippen LogP contribution is -2.20. The molecular formula is C9H13N3O. The smallest absolute Gasteiger partial charge is 0.250 e. The second-order valence-corrected chi connectivity index (χ2v) is 3.38. The van der Waals surface area contributed by atoms with Crippen LogP contribution in [-0.2, 0) is 6.42 Å². The summed E-state index contributed by atoms with van der Waals surface area (Å²) in [6.07, 6.45) is 4.88. The lowest BCUT2D eigenvalue weighted by Gasteiger charge is -2.00. The molecule has 0 saturated heterocycles. The van der Waals surface area contributed by atoms with Crippen LogP contribution in [0.2, 0.25) is 0 Å². The normalized spacial score (nSPS) is 16.0. The average molecular weight is 179 g/mol. The molecule has 0 bridgehead atoms. The second kappa shape index (κ2) is 3.70. The fourth-order valence-corrected chi connectivity index (χ4v) is 1.24. The van der Waals surface area contributed by atoms with Crippen molar-refractivity contribution in [2.24, 2.45) is 0 Å². The summed E-state index contributed by atoms with van der Waals surface area (Å²) in [5.74, 6) is 0. The Bertz CT molecular complexity index is 330. The fraction of sp³-hybridized carbons (Fsp3) is 0.556. The first-order chi connectivity index (χ1) is 6.34. The summed E-state index contributed by atoms with van der Waals surface area (Å²) in [7, 11) is 0. The molecule has 1 aliphatic carbocycles. The summed E-state index contributed by atoms with van der Waals surface area (Å²) in [6.45, 7) is 0.918. The molecule has 0 atom stereocenters. The Labute approximate surface area is 76.4 Å². The van der Waals surface area contributed by atoms with Crippen molar-refractivity contribution in [1.29, 1.82) is 0 Å². The SMILES string of the molecule is O=c1cc(CCNC2CC2)nc[nH]1. The van der Waals surface area contributed by atoms with Crippen molar-refractivity contribution in [3.8, 4) is 0 Å². The number of aromatic amines is 1. The third-order valence-corrected chi connectivity index (χ3v) is 2.13. The molecule has 4 nitrogen and oxygen atoms in total. The number of hydrogen-bond donors (Lipinski definition) is 2. The van der Waals surface area contributed by atoms with E-state index in [-0.39, 0.29) is 5.56 Å². The van der Waals surface area contributed by atoms with Crippen molar-refractivity contribution in [3.05, 3.63) is 28.4 Å². The van der Waals surface area contributed by atoms with Crippen LogP contribution in [0.1, 0.15) is 18.5 Å². The maximum absolute atomic E-state index is 10.9. The van der Waals surface area contributed by atoms with E-state index in [1.54, 1.807) is 6.07 Å². The Hall–Kier alpha value is -1.16. The molecule has 1 aromatic heterocycles. The van der Waals surface area contributed by atoms with Gasteiger partial charge in [-0.15, -0.1) is 0 Å². The summed E-state index contributed by atoms with van der Waals surface area (Å²) >= 11 is 0. The first-order valence-corrected chi connectivity index (χ1v) is 4.61. The van der Waals surface area contributed by atoms with E-state index in [1.807, 2.05) is 0 Å². The number of H-pyrrole nitrogens is 1. The Balaban J connectivity index is 1.82. The molecule has 0 amide bonds. The molecule has 0 unspecified atom stereocenters. The molecule has 1 aromatic rings. The van der Waals surface area contributed by atoms with E-state index in [9.17, 15) is 4.79 Å². The minimum atomic E-state index is -0.0728. The van der Waals surface area contributed by atoms with Gasteiger partial charge in [-0.3, -0.25) is 4.79 Å². The molecular weight excluding hydrogens is 166 g/mol. The number of rotatable bonds is 4. The van der Waals surface area contributed by atoms with Crippen molar-refractivity contribution in [3.63, 3.8) is 0 Å². The van der Waals surface area contributed by atoms with Gasteiger partial charge >= 0.3 is 0 Å². The van der Waals surface area contributed by atoms with Crippen LogP contribution in [0.3, 0.4) is 0 Å². The summed E-state index contributed by atoms with van der Waals surface area (Å²) < 4.78 is 0. The third-order valence-electron chi connectivity index (χ3n) is 2.13. The van der Waals surface area contributed by atoms with E-state index in [2.05, 4.69) is 15.3 Å². The number of nitrogens with one attached hydrogen (secondary N) is 2. The molecule has 1 aliphatic rings. The summed E-state index contributed by atoms with van der Waals surface area (Å²) in [6, 6.07) is 2.27. The van der Waals surface area contributed by atoms with Crippen LogP contribution in [-0.4, -0.2) is 22.6 Å². The second-order valence-electron chi connectivity index (χ2n) is 3.38. The standard InChI is InChI=1S/C9H13N3O/c13-9-5-8(11-6-12-9)3-4-10-7-1-2-7/h5-7,10H,1-4H2,(H,11,12,13). The number of hydrogen-bond acceptors (Lipinski definition) is 3. The van der Waals surface area contributed by atoms with Crippen molar-refractivity contribution < 1.29 is 0 Å². The van der Waals surface area contributed by atoms with Gasteiger partial charge in [0.2, 0.25) is 0 Å². The van der Waals surface area contributed by atoms with Gasteiger partial charge in [-0.25, -0.2) is 4.98 Å². The quantitative estimate of drug-likeness (QED) is 0.687. The summed E-state index contributed by atoms with van der Waals surface area (Å²) in [4.78, 5) is 17.4. The fourth-order valence-electron chi connectivity index (χ4n) is 1.24. The van der Waals surface area contributed by atoms with Crippen LogP contribution in [0.4, 0.5) is 0 Å². The van der Waals surface area contributed by atoms with Gasteiger partial charge in [0.05, 0.1) is 6.33 Å². The van der Waals surface area contributed by atoms with Gasteiger partial charge in [0.15, 0.2) is 0 Å². The minimum absolute atomic E-state index is 0.0728. The van der Waals surface area contributed by atoms with E-state index in [1.165, 1.54) is 19.2 Å². The Morgan fingerprint density at radius 1 is 1.62 bits per heavy atom. The number of aromatic nitrogens is 2. The predicted octanol–water partition coefficient (Wildman–Crippen LogP) is 0.0644. The Morgan fingerprint density at radius 2 is 2.46 bits per heavy atom. The van der Waals surface area contributed by atoms with E-state index < -0.39 is 0 Å². The lowest BCUT2D eigenvalue weighted by atomic mass is 10.3. The van der Waals surface area contributed by atoms with Gasteiger partial charge in [-0.1, -0.05) is 0 Å². The van der Waals surface area contributed by atoms with Crippen LogP contribution in [0.15, 0.2) is 17.2 Å². The van der Waals surface area contributed by atoms with Gasteiger partial charge < -0.3 is 10.3 Å². The molecule has 2 N–H and O–H groups in total. The average Bonchev–Trinajstić information content (AvgIpc) is 2.88. The highest BCUT2D eigenvalue weighted by atomic mass is 16.1.